The lowest BCUT2D eigenvalue weighted by Gasteiger charge is -2.24. The minimum atomic E-state index is -0.640. The summed E-state index contributed by atoms with van der Waals surface area (Å²) in [5, 5.41) is 21.1. The highest BCUT2D eigenvalue weighted by Gasteiger charge is 2.20. The van der Waals surface area contributed by atoms with Crippen LogP contribution < -0.4 is 5.32 Å². The molecule has 0 saturated heterocycles. The van der Waals surface area contributed by atoms with Gasteiger partial charge in [-0.05, 0) is 25.4 Å². The van der Waals surface area contributed by atoms with Crippen molar-refractivity contribution in [3.63, 3.8) is 0 Å². The molecule has 0 amide bonds. The van der Waals surface area contributed by atoms with Gasteiger partial charge in [0.2, 0.25) is 5.28 Å². The second-order valence-corrected chi connectivity index (χ2v) is 4.34. The Morgan fingerprint density at radius 1 is 1.33 bits per heavy atom. The number of halogens is 2. The molecule has 0 spiro atoms. The van der Waals surface area contributed by atoms with Crippen molar-refractivity contribution in [2.24, 2.45) is 0 Å². The molecule has 0 bridgehead atoms. The fraction of sp³-hybridized carbons (Fsp3) is 0.500. The van der Waals surface area contributed by atoms with Gasteiger partial charge in [-0.3, -0.25) is 0 Å². The van der Waals surface area contributed by atoms with Gasteiger partial charge in [0.25, 0.3) is 0 Å². The summed E-state index contributed by atoms with van der Waals surface area (Å²) < 4.78 is 0. The first-order chi connectivity index (χ1) is 6.85. The van der Waals surface area contributed by atoms with E-state index >= 15 is 0 Å². The first-order valence-electron chi connectivity index (χ1n) is 4.17. The molecule has 0 atom stereocenters. The van der Waals surface area contributed by atoms with Crippen LogP contribution in [-0.4, -0.2) is 32.3 Å². The van der Waals surface area contributed by atoms with E-state index in [2.05, 4.69) is 15.3 Å². The molecule has 1 rings (SSSR count). The summed E-state index contributed by atoms with van der Waals surface area (Å²) >= 11 is 11.2. The molecule has 84 valence electrons. The fourth-order valence-electron chi connectivity index (χ4n) is 0.849. The van der Waals surface area contributed by atoms with E-state index in [0.717, 1.165) is 0 Å². The van der Waals surface area contributed by atoms with Gasteiger partial charge in [0, 0.05) is 0 Å². The van der Waals surface area contributed by atoms with Crippen molar-refractivity contribution in [1.82, 2.24) is 9.97 Å². The third-order valence-corrected chi connectivity index (χ3v) is 2.10. The minimum Gasteiger partial charge on any atom is -0.502 e. The molecule has 1 heterocycles. The van der Waals surface area contributed by atoms with Crippen LogP contribution in [0.5, 0.6) is 5.75 Å². The van der Waals surface area contributed by atoms with Crippen LogP contribution in [0.15, 0.2) is 0 Å². The quantitative estimate of drug-likeness (QED) is 0.563. The number of aromatic hydroxyl groups is 1. The Morgan fingerprint density at radius 3 is 2.47 bits per heavy atom. The molecule has 0 radical (unpaired) electrons. The van der Waals surface area contributed by atoms with Crippen LogP contribution in [0.1, 0.15) is 13.8 Å². The fourth-order valence-corrected chi connectivity index (χ4v) is 1.23. The standard InChI is InChI=1S/C8H11Cl2N3O2/c1-8(2,3-14)13-6-4(15)5(9)11-7(10)12-6/h14-15H,3H2,1-2H3,(H,11,12,13). The maximum Gasteiger partial charge on any atom is 0.226 e. The molecule has 0 aromatic carbocycles. The Balaban J connectivity index is 3.05. The number of hydrogen-bond donors (Lipinski definition) is 3. The molecular formula is C8H11Cl2N3O2. The molecule has 5 nitrogen and oxygen atoms in total. The molecule has 0 aliphatic rings. The van der Waals surface area contributed by atoms with E-state index in [1.54, 1.807) is 13.8 Å². The smallest absolute Gasteiger partial charge is 0.226 e. The van der Waals surface area contributed by atoms with E-state index in [-0.39, 0.29) is 28.6 Å². The average molecular weight is 252 g/mol. The summed E-state index contributed by atoms with van der Waals surface area (Å²) in [6.45, 7) is 3.33. The second kappa shape index (κ2) is 4.38. The van der Waals surface area contributed by atoms with Gasteiger partial charge in [0.05, 0.1) is 12.1 Å². The van der Waals surface area contributed by atoms with Crippen molar-refractivity contribution < 1.29 is 10.2 Å². The van der Waals surface area contributed by atoms with Crippen molar-refractivity contribution in [1.29, 1.82) is 0 Å². The summed E-state index contributed by atoms with van der Waals surface area (Å²) in [7, 11) is 0. The lowest BCUT2D eigenvalue weighted by Crippen LogP contribution is -2.35. The molecule has 0 saturated carbocycles. The molecular weight excluding hydrogens is 241 g/mol. The van der Waals surface area contributed by atoms with Crippen LogP contribution in [0.2, 0.25) is 10.4 Å². The van der Waals surface area contributed by atoms with Crippen LogP contribution >= 0.6 is 23.2 Å². The third-order valence-electron chi connectivity index (χ3n) is 1.67. The van der Waals surface area contributed by atoms with Crippen LogP contribution in [0, 0.1) is 0 Å². The number of anilines is 1. The zero-order chi connectivity index (χ0) is 11.6. The Hall–Kier alpha value is -0.780. The highest BCUT2D eigenvalue weighted by molar-refractivity contribution is 6.33. The van der Waals surface area contributed by atoms with E-state index in [0.29, 0.717) is 0 Å². The van der Waals surface area contributed by atoms with E-state index < -0.39 is 5.54 Å². The van der Waals surface area contributed by atoms with E-state index in [1.165, 1.54) is 0 Å². The summed E-state index contributed by atoms with van der Waals surface area (Å²) in [5.74, 6) is -0.193. The number of aliphatic hydroxyl groups excluding tert-OH is 1. The predicted molar refractivity (Wildman–Crippen MR) is 58.5 cm³/mol. The van der Waals surface area contributed by atoms with Gasteiger partial charge >= 0.3 is 0 Å². The molecule has 0 aliphatic heterocycles. The maximum atomic E-state index is 9.52. The van der Waals surface area contributed by atoms with Crippen molar-refractivity contribution in [2.45, 2.75) is 19.4 Å². The van der Waals surface area contributed by atoms with E-state index in [4.69, 9.17) is 28.3 Å². The number of nitrogens with one attached hydrogen (secondary N) is 1. The van der Waals surface area contributed by atoms with E-state index in [1.807, 2.05) is 0 Å². The molecule has 15 heavy (non-hydrogen) atoms. The predicted octanol–water partition coefficient (Wildman–Crippen LogP) is 1.67. The molecule has 0 unspecified atom stereocenters. The van der Waals surface area contributed by atoms with Gasteiger partial charge in [0.1, 0.15) is 0 Å². The lowest BCUT2D eigenvalue weighted by atomic mass is 10.1. The van der Waals surface area contributed by atoms with Crippen molar-refractivity contribution in [3.05, 3.63) is 10.4 Å². The van der Waals surface area contributed by atoms with Gasteiger partial charge in [-0.2, -0.15) is 4.98 Å². The summed E-state index contributed by atoms with van der Waals surface area (Å²) in [4.78, 5) is 7.32. The molecule has 1 aromatic rings. The molecule has 7 heteroatoms. The Morgan fingerprint density at radius 2 is 1.93 bits per heavy atom. The normalized spacial score (nSPS) is 11.5. The molecule has 0 fully saturated rings. The van der Waals surface area contributed by atoms with Crippen LogP contribution in [-0.2, 0) is 0 Å². The van der Waals surface area contributed by atoms with Crippen LogP contribution in [0.25, 0.3) is 0 Å². The second-order valence-electron chi connectivity index (χ2n) is 3.65. The van der Waals surface area contributed by atoms with Crippen LogP contribution in [0.4, 0.5) is 5.82 Å². The van der Waals surface area contributed by atoms with Crippen molar-refractivity contribution in [2.75, 3.05) is 11.9 Å². The summed E-state index contributed by atoms with van der Waals surface area (Å²) in [6, 6.07) is 0. The number of nitrogens with zero attached hydrogens (tertiary/aromatic N) is 2. The van der Waals surface area contributed by atoms with Gasteiger partial charge in [-0.1, -0.05) is 11.6 Å². The number of aromatic nitrogens is 2. The number of hydrogen-bond acceptors (Lipinski definition) is 5. The third kappa shape index (κ3) is 3.09. The highest BCUT2D eigenvalue weighted by atomic mass is 35.5. The first kappa shape index (κ1) is 12.3. The zero-order valence-electron chi connectivity index (χ0n) is 8.25. The van der Waals surface area contributed by atoms with Gasteiger partial charge in [-0.25, -0.2) is 4.98 Å². The minimum absolute atomic E-state index is 0.0750. The molecule has 3 N–H and O–H groups in total. The number of aliphatic hydroxyl groups is 1. The van der Waals surface area contributed by atoms with Gasteiger partial charge in [0.15, 0.2) is 16.7 Å². The Bertz CT molecular complexity index is 371. The average Bonchev–Trinajstić information content (AvgIpc) is 2.13. The summed E-state index contributed by atoms with van der Waals surface area (Å²) in [5.41, 5.74) is -0.640. The van der Waals surface area contributed by atoms with Gasteiger partial charge < -0.3 is 15.5 Å². The highest BCUT2D eigenvalue weighted by Crippen LogP contribution is 2.31. The Kier molecular flexibility index (Phi) is 3.59. The number of rotatable bonds is 3. The maximum absolute atomic E-state index is 9.52. The van der Waals surface area contributed by atoms with Crippen molar-refractivity contribution >= 4 is 29.0 Å². The van der Waals surface area contributed by atoms with E-state index in [9.17, 15) is 5.11 Å². The zero-order valence-corrected chi connectivity index (χ0v) is 9.76. The Labute approximate surface area is 97.1 Å². The SMILES string of the molecule is CC(C)(CO)Nc1nc(Cl)nc(Cl)c1O. The van der Waals surface area contributed by atoms with Crippen molar-refractivity contribution in [3.8, 4) is 5.75 Å². The van der Waals surface area contributed by atoms with Gasteiger partial charge in [-0.15, -0.1) is 0 Å². The summed E-state index contributed by atoms with van der Waals surface area (Å²) in [6.07, 6.45) is 0. The lowest BCUT2D eigenvalue weighted by molar-refractivity contribution is 0.233. The first-order valence-corrected chi connectivity index (χ1v) is 4.92. The largest absolute Gasteiger partial charge is 0.502 e. The molecule has 1 aromatic heterocycles. The monoisotopic (exact) mass is 251 g/mol. The topological polar surface area (TPSA) is 78.3 Å². The molecule has 0 aliphatic carbocycles. The van der Waals surface area contributed by atoms with Crippen LogP contribution in [0.3, 0.4) is 0 Å².